The number of esters is 1. The van der Waals surface area contributed by atoms with Gasteiger partial charge in [0.15, 0.2) is 6.10 Å². The van der Waals surface area contributed by atoms with E-state index in [1.807, 2.05) is 6.92 Å². The zero-order valence-corrected chi connectivity index (χ0v) is 10.0. The van der Waals surface area contributed by atoms with Crippen molar-refractivity contribution in [1.29, 1.82) is 0 Å². The van der Waals surface area contributed by atoms with Crippen molar-refractivity contribution >= 4 is 11.7 Å². The normalized spacial score (nSPS) is 11.9. The second-order valence-electron chi connectivity index (χ2n) is 3.83. The van der Waals surface area contributed by atoms with Crippen molar-refractivity contribution in [2.45, 2.75) is 32.3 Å². The summed E-state index contributed by atoms with van der Waals surface area (Å²) in [7, 11) is 0. The Morgan fingerprint density at radius 1 is 1.44 bits per heavy atom. The molecule has 0 aliphatic rings. The second-order valence-corrected chi connectivity index (χ2v) is 3.83. The van der Waals surface area contributed by atoms with E-state index in [1.54, 1.807) is 0 Å². The van der Waals surface area contributed by atoms with Gasteiger partial charge in [0.2, 0.25) is 0 Å². The Kier molecular flexibility index (Phi) is 5.26. The summed E-state index contributed by atoms with van der Waals surface area (Å²) in [5.74, 6) is -0.557. The molecule has 6 nitrogen and oxygen atoms in total. The van der Waals surface area contributed by atoms with Crippen molar-refractivity contribution in [1.82, 2.24) is 0 Å². The Morgan fingerprint density at radius 2 is 2.06 bits per heavy atom. The van der Waals surface area contributed by atoms with Gasteiger partial charge in [0.1, 0.15) is 5.75 Å². The van der Waals surface area contributed by atoms with E-state index in [-0.39, 0.29) is 11.4 Å². The van der Waals surface area contributed by atoms with Crippen LogP contribution in [-0.2, 0) is 4.79 Å². The fraction of sp³-hybridized carbons (Fsp3) is 0.417. The Morgan fingerprint density at radius 3 is 2.56 bits per heavy atom. The molecule has 0 aliphatic carbocycles. The van der Waals surface area contributed by atoms with E-state index >= 15 is 0 Å². The van der Waals surface area contributed by atoms with Crippen LogP contribution in [0.15, 0.2) is 24.3 Å². The highest BCUT2D eigenvalue weighted by molar-refractivity contribution is 5.76. The summed E-state index contributed by atoms with van der Waals surface area (Å²) < 4.78 is 4.90. The Hall–Kier alpha value is -1.95. The average molecular weight is 253 g/mol. The number of aliphatic hydroxyl groups is 1. The minimum Gasteiger partial charge on any atom is -0.425 e. The van der Waals surface area contributed by atoms with Crippen LogP contribution in [0.3, 0.4) is 0 Å². The number of nitrogens with zero attached hydrogens (tertiary/aromatic N) is 1. The largest absolute Gasteiger partial charge is 0.425 e. The van der Waals surface area contributed by atoms with E-state index in [1.165, 1.54) is 24.3 Å². The molecule has 1 rings (SSSR count). The molecule has 0 aromatic heterocycles. The fourth-order valence-electron chi connectivity index (χ4n) is 1.34. The molecule has 1 N–H and O–H groups in total. The van der Waals surface area contributed by atoms with Gasteiger partial charge in [-0.1, -0.05) is 19.8 Å². The molecular weight excluding hydrogens is 238 g/mol. The van der Waals surface area contributed by atoms with Crippen molar-refractivity contribution in [3.05, 3.63) is 34.4 Å². The third kappa shape index (κ3) is 4.14. The number of rotatable bonds is 6. The highest BCUT2D eigenvalue weighted by atomic mass is 16.6. The standard InChI is InChI=1S/C12H15NO5/c1-2-3-4-11(14)12(15)18-10-7-5-9(6-8-10)13(16)17/h5-8,11,14H,2-4H2,1H3. The van der Waals surface area contributed by atoms with Crippen LogP contribution in [0.2, 0.25) is 0 Å². The van der Waals surface area contributed by atoms with Crippen molar-refractivity contribution < 1.29 is 19.6 Å². The fourth-order valence-corrected chi connectivity index (χ4v) is 1.34. The number of carbonyl (C=O) groups excluding carboxylic acids is 1. The maximum Gasteiger partial charge on any atom is 0.340 e. The minimum atomic E-state index is -1.15. The summed E-state index contributed by atoms with van der Waals surface area (Å²) in [6.07, 6.45) is 0.806. The van der Waals surface area contributed by atoms with Gasteiger partial charge in [-0.2, -0.15) is 0 Å². The van der Waals surface area contributed by atoms with E-state index in [0.29, 0.717) is 6.42 Å². The molecule has 0 saturated carbocycles. The van der Waals surface area contributed by atoms with Crippen molar-refractivity contribution in [2.75, 3.05) is 0 Å². The number of benzene rings is 1. The van der Waals surface area contributed by atoms with Crippen LogP contribution in [0.5, 0.6) is 5.75 Å². The van der Waals surface area contributed by atoms with Gasteiger partial charge in [0.05, 0.1) is 4.92 Å². The molecule has 1 unspecified atom stereocenters. The van der Waals surface area contributed by atoms with Crippen LogP contribution < -0.4 is 4.74 Å². The molecule has 0 bridgehead atoms. The first-order chi connectivity index (χ1) is 8.54. The summed E-state index contributed by atoms with van der Waals surface area (Å²) >= 11 is 0. The zero-order chi connectivity index (χ0) is 13.5. The second kappa shape index (κ2) is 6.70. The average Bonchev–Trinajstić information content (AvgIpc) is 2.36. The summed E-state index contributed by atoms with van der Waals surface area (Å²) in [4.78, 5) is 21.3. The molecular formula is C12H15NO5. The number of hydrogen-bond donors (Lipinski definition) is 1. The highest BCUT2D eigenvalue weighted by Gasteiger charge is 2.17. The summed E-state index contributed by atoms with van der Waals surface area (Å²) in [6.45, 7) is 1.95. The van der Waals surface area contributed by atoms with E-state index in [4.69, 9.17) is 4.74 Å². The molecule has 0 heterocycles. The molecule has 6 heteroatoms. The predicted molar refractivity (Wildman–Crippen MR) is 64.3 cm³/mol. The third-order valence-corrected chi connectivity index (χ3v) is 2.37. The first-order valence-electron chi connectivity index (χ1n) is 5.68. The number of nitro groups is 1. The van der Waals surface area contributed by atoms with Gasteiger partial charge in [0.25, 0.3) is 5.69 Å². The van der Waals surface area contributed by atoms with E-state index < -0.39 is 17.0 Å². The molecule has 0 saturated heterocycles. The smallest absolute Gasteiger partial charge is 0.340 e. The number of carbonyl (C=O) groups is 1. The lowest BCUT2D eigenvalue weighted by Crippen LogP contribution is -2.25. The maximum absolute atomic E-state index is 11.4. The molecule has 0 radical (unpaired) electrons. The minimum absolute atomic E-state index is 0.0821. The third-order valence-electron chi connectivity index (χ3n) is 2.37. The van der Waals surface area contributed by atoms with Gasteiger partial charge < -0.3 is 9.84 Å². The van der Waals surface area contributed by atoms with Crippen molar-refractivity contribution in [3.8, 4) is 5.75 Å². The van der Waals surface area contributed by atoms with Gasteiger partial charge in [-0.3, -0.25) is 10.1 Å². The Bertz CT molecular complexity index is 415. The van der Waals surface area contributed by atoms with E-state index in [2.05, 4.69) is 0 Å². The van der Waals surface area contributed by atoms with Gasteiger partial charge in [-0.25, -0.2) is 4.79 Å². The first kappa shape index (κ1) is 14.1. The lowest BCUT2D eigenvalue weighted by atomic mass is 10.2. The molecule has 0 amide bonds. The van der Waals surface area contributed by atoms with Crippen LogP contribution in [0.25, 0.3) is 0 Å². The first-order valence-corrected chi connectivity index (χ1v) is 5.68. The molecule has 1 aromatic carbocycles. The van der Waals surface area contributed by atoms with E-state index in [9.17, 15) is 20.0 Å². The SMILES string of the molecule is CCCCC(O)C(=O)Oc1ccc([N+](=O)[O-])cc1. The number of unbranched alkanes of at least 4 members (excludes halogenated alkanes) is 1. The number of aliphatic hydroxyl groups excluding tert-OH is 1. The van der Waals surface area contributed by atoms with Gasteiger partial charge in [-0.15, -0.1) is 0 Å². The number of hydrogen-bond acceptors (Lipinski definition) is 5. The number of nitro benzene ring substituents is 1. The Labute approximate surface area is 104 Å². The van der Waals surface area contributed by atoms with Crippen LogP contribution in [0, 0.1) is 10.1 Å². The van der Waals surface area contributed by atoms with Crippen LogP contribution in [0.1, 0.15) is 26.2 Å². The van der Waals surface area contributed by atoms with Crippen molar-refractivity contribution in [3.63, 3.8) is 0 Å². The monoisotopic (exact) mass is 253 g/mol. The molecule has 18 heavy (non-hydrogen) atoms. The van der Waals surface area contributed by atoms with Gasteiger partial charge >= 0.3 is 5.97 Å². The molecule has 0 aliphatic heterocycles. The van der Waals surface area contributed by atoms with Gasteiger partial charge in [0, 0.05) is 12.1 Å². The summed E-state index contributed by atoms with van der Waals surface area (Å²) in [5.41, 5.74) is -0.0821. The quantitative estimate of drug-likeness (QED) is 0.362. The van der Waals surface area contributed by atoms with Gasteiger partial charge in [-0.05, 0) is 18.6 Å². The Balaban J connectivity index is 2.56. The van der Waals surface area contributed by atoms with E-state index in [0.717, 1.165) is 12.8 Å². The lowest BCUT2D eigenvalue weighted by Gasteiger charge is -2.09. The maximum atomic E-state index is 11.4. The molecule has 98 valence electrons. The van der Waals surface area contributed by atoms with Crippen LogP contribution >= 0.6 is 0 Å². The molecule has 0 fully saturated rings. The molecule has 0 spiro atoms. The highest BCUT2D eigenvalue weighted by Crippen LogP contribution is 2.18. The van der Waals surface area contributed by atoms with Crippen molar-refractivity contribution in [2.24, 2.45) is 0 Å². The zero-order valence-electron chi connectivity index (χ0n) is 10.0. The molecule has 1 atom stereocenters. The number of ether oxygens (including phenoxy) is 1. The summed E-state index contributed by atoms with van der Waals surface area (Å²) in [5, 5.41) is 19.9. The molecule has 1 aromatic rings. The van der Waals surface area contributed by atoms with Crippen LogP contribution in [0.4, 0.5) is 5.69 Å². The predicted octanol–water partition coefficient (Wildman–Crippen LogP) is 2.05. The van der Waals surface area contributed by atoms with Crippen LogP contribution in [-0.4, -0.2) is 22.1 Å². The number of non-ortho nitro benzene ring substituents is 1. The topological polar surface area (TPSA) is 89.7 Å². The lowest BCUT2D eigenvalue weighted by molar-refractivity contribution is -0.384. The summed E-state index contributed by atoms with van der Waals surface area (Å²) in [6, 6.07) is 5.12.